The van der Waals surface area contributed by atoms with Crippen LogP contribution in [-0.4, -0.2) is 52.2 Å². The molecule has 2 rings (SSSR count). The number of sulfonamides is 1. The van der Waals surface area contributed by atoms with E-state index < -0.39 is 10.0 Å². The molecule has 19 heavy (non-hydrogen) atoms. The highest BCUT2D eigenvalue weighted by atomic mass is 32.2. The molecule has 0 saturated carbocycles. The van der Waals surface area contributed by atoms with Crippen LogP contribution in [0.1, 0.15) is 4.88 Å². The fourth-order valence-electron chi connectivity index (χ4n) is 2.11. The third-order valence-corrected chi connectivity index (χ3v) is 6.17. The normalized spacial score (nSPS) is 25.0. The number of thiophene rings is 1. The minimum absolute atomic E-state index is 0.229. The summed E-state index contributed by atoms with van der Waals surface area (Å²) in [5, 5.41) is 1.62. The number of nitrogens with zero attached hydrogens (tertiary/aromatic N) is 1. The van der Waals surface area contributed by atoms with Crippen molar-refractivity contribution in [3.63, 3.8) is 0 Å². The molecule has 2 heterocycles. The van der Waals surface area contributed by atoms with Crippen LogP contribution in [0.25, 0.3) is 0 Å². The minimum atomic E-state index is -3.49. The van der Waals surface area contributed by atoms with E-state index >= 15 is 0 Å². The SMILES string of the molecule is COC1CN(S(=O)(=O)c2csc(CN)c2)CC1OC. The fraction of sp³-hybridized carbons (Fsp3) is 0.636. The predicted molar refractivity (Wildman–Crippen MR) is 72.6 cm³/mol. The van der Waals surface area contributed by atoms with E-state index in [2.05, 4.69) is 0 Å². The zero-order valence-electron chi connectivity index (χ0n) is 10.9. The van der Waals surface area contributed by atoms with Crippen molar-refractivity contribution >= 4 is 21.4 Å². The molecule has 6 nitrogen and oxygen atoms in total. The van der Waals surface area contributed by atoms with Crippen LogP contribution in [0.15, 0.2) is 16.3 Å². The van der Waals surface area contributed by atoms with Crippen LogP contribution in [0.5, 0.6) is 0 Å². The molecular formula is C11H18N2O4S2. The second kappa shape index (κ2) is 5.86. The van der Waals surface area contributed by atoms with E-state index in [1.165, 1.54) is 15.6 Å². The Morgan fingerprint density at radius 2 is 1.95 bits per heavy atom. The molecular weight excluding hydrogens is 288 g/mol. The molecule has 0 bridgehead atoms. The highest BCUT2D eigenvalue weighted by Gasteiger charge is 2.40. The third-order valence-electron chi connectivity index (χ3n) is 3.26. The monoisotopic (exact) mass is 306 g/mol. The van der Waals surface area contributed by atoms with Gasteiger partial charge in [-0.2, -0.15) is 4.31 Å². The molecule has 1 aliphatic heterocycles. The summed E-state index contributed by atoms with van der Waals surface area (Å²) in [6.07, 6.45) is -0.459. The van der Waals surface area contributed by atoms with Crippen molar-refractivity contribution in [3.05, 3.63) is 16.3 Å². The van der Waals surface area contributed by atoms with Crippen molar-refractivity contribution in [2.24, 2.45) is 5.73 Å². The summed E-state index contributed by atoms with van der Waals surface area (Å²) >= 11 is 1.35. The molecule has 1 aliphatic rings. The third kappa shape index (κ3) is 2.83. The number of nitrogens with two attached hydrogens (primary N) is 1. The lowest BCUT2D eigenvalue weighted by atomic mass is 10.3. The Morgan fingerprint density at radius 1 is 1.37 bits per heavy atom. The fourth-order valence-corrected chi connectivity index (χ4v) is 4.72. The number of ether oxygens (including phenoxy) is 2. The lowest BCUT2D eigenvalue weighted by Gasteiger charge is -2.14. The molecule has 1 fully saturated rings. The zero-order chi connectivity index (χ0) is 14.0. The van der Waals surface area contributed by atoms with E-state index in [0.29, 0.717) is 24.5 Å². The van der Waals surface area contributed by atoms with Gasteiger partial charge in [-0.15, -0.1) is 11.3 Å². The number of methoxy groups -OCH3 is 2. The molecule has 2 atom stereocenters. The lowest BCUT2D eigenvalue weighted by molar-refractivity contribution is -0.00461. The molecule has 2 unspecified atom stereocenters. The summed E-state index contributed by atoms with van der Waals surface area (Å²) in [5.74, 6) is 0. The number of hydrogen-bond donors (Lipinski definition) is 1. The first kappa shape index (κ1) is 14.9. The van der Waals surface area contributed by atoms with Gasteiger partial charge in [0.05, 0.1) is 17.1 Å². The molecule has 108 valence electrons. The van der Waals surface area contributed by atoms with Gasteiger partial charge in [-0.1, -0.05) is 0 Å². The van der Waals surface area contributed by atoms with Gasteiger partial charge in [-0.25, -0.2) is 8.42 Å². The van der Waals surface area contributed by atoms with E-state index in [4.69, 9.17) is 15.2 Å². The average molecular weight is 306 g/mol. The average Bonchev–Trinajstić information content (AvgIpc) is 3.05. The largest absolute Gasteiger partial charge is 0.377 e. The van der Waals surface area contributed by atoms with E-state index in [0.717, 1.165) is 4.88 Å². The molecule has 0 aliphatic carbocycles. The van der Waals surface area contributed by atoms with E-state index in [1.807, 2.05) is 0 Å². The van der Waals surface area contributed by atoms with Gasteiger partial charge >= 0.3 is 0 Å². The Kier molecular flexibility index (Phi) is 4.59. The van der Waals surface area contributed by atoms with Gasteiger partial charge in [0, 0.05) is 44.1 Å². The predicted octanol–water partition coefficient (Wildman–Crippen LogP) is 0.241. The summed E-state index contributed by atoms with van der Waals surface area (Å²) in [7, 11) is -0.367. The first-order valence-corrected chi connectivity index (χ1v) is 8.18. The van der Waals surface area contributed by atoms with Crippen LogP contribution in [0.2, 0.25) is 0 Å². The van der Waals surface area contributed by atoms with Crippen molar-refractivity contribution in [2.45, 2.75) is 23.6 Å². The Labute approximate surface area is 117 Å². The molecule has 0 amide bonds. The Bertz CT molecular complexity index is 517. The zero-order valence-corrected chi connectivity index (χ0v) is 12.5. The maximum absolute atomic E-state index is 12.5. The molecule has 0 aromatic carbocycles. The molecule has 1 aromatic rings. The smallest absolute Gasteiger partial charge is 0.244 e. The first-order chi connectivity index (χ1) is 9.02. The van der Waals surface area contributed by atoms with Crippen molar-refractivity contribution in [3.8, 4) is 0 Å². The molecule has 1 aromatic heterocycles. The standard InChI is InChI=1S/C11H18N2O4S2/c1-16-10-5-13(6-11(10)17-2)19(14,15)9-3-8(4-12)18-7-9/h3,7,10-11H,4-6,12H2,1-2H3. The summed E-state index contributed by atoms with van der Waals surface area (Å²) in [6, 6.07) is 1.63. The molecule has 2 N–H and O–H groups in total. The topological polar surface area (TPSA) is 81.9 Å². The first-order valence-electron chi connectivity index (χ1n) is 5.86. The van der Waals surface area contributed by atoms with Crippen molar-refractivity contribution in [1.82, 2.24) is 4.31 Å². The lowest BCUT2D eigenvalue weighted by Crippen LogP contribution is -2.29. The summed E-state index contributed by atoms with van der Waals surface area (Å²) in [5.41, 5.74) is 5.51. The highest BCUT2D eigenvalue weighted by Crippen LogP contribution is 2.27. The molecule has 8 heteroatoms. The van der Waals surface area contributed by atoms with Crippen LogP contribution in [-0.2, 0) is 26.0 Å². The van der Waals surface area contributed by atoms with Gasteiger partial charge in [0.15, 0.2) is 0 Å². The Morgan fingerprint density at radius 3 is 2.37 bits per heavy atom. The van der Waals surface area contributed by atoms with Crippen molar-refractivity contribution in [1.29, 1.82) is 0 Å². The van der Waals surface area contributed by atoms with Crippen molar-refractivity contribution < 1.29 is 17.9 Å². The van der Waals surface area contributed by atoms with E-state index in [1.54, 1.807) is 25.7 Å². The van der Waals surface area contributed by atoms with Crippen molar-refractivity contribution in [2.75, 3.05) is 27.3 Å². The summed E-state index contributed by atoms with van der Waals surface area (Å²) in [4.78, 5) is 1.15. The van der Waals surface area contributed by atoms with Gasteiger partial charge in [-0.05, 0) is 6.07 Å². The molecule has 1 saturated heterocycles. The second-order valence-corrected chi connectivity index (χ2v) is 7.26. The highest BCUT2D eigenvalue weighted by molar-refractivity contribution is 7.89. The summed E-state index contributed by atoms with van der Waals surface area (Å²) in [6.45, 7) is 0.970. The Balaban J connectivity index is 2.21. The van der Waals surface area contributed by atoms with Crippen LogP contribution in [0, 0.1) is 0 Å². The second-order valence-electron chi connectivity index (χ2n) is 4.32. The van der Waals surface area contributed by atoms with Crippen LogP contribution < -0.4 is 5.73 Å². The van der Waals surface area contributed by atoms with Gasteiger partial charge < -0.3 is 15.2 Å². The van der Waals surface area contributed by atoms with Gasteiger partial charge in [0.1, 0.15) is 0 Å². The van der Waals surface area contributed by atoms with Gasteiger partial charge in [0.2, 0.25) is 10.0 Å². The van der Waals surface area contributed by atoms with Gasteiger partial charge in [0.25, 0.3) is 0 Å². The maximum Gasteiger partial charge on any atom is 0.244 e. The van der Waals surface area contributed by atoms with Crippen LogP contribution >= 0.6 is 11.3 Å². The maximum atomic E-state index is 12.5. The molecule has 0 radical (unpaired) electrons. The van der Waals surface area contributed by atoms with Crippen LogP contribution in [0.3, 0.4) is 0 Å². The minimum Gasteiger partial charge on any atom is -0.377 e. The quantitative estimate of drug-likeness (QED) is 0.843. The van der Waals surface area contributed by atoms with E-state index in [9.17, 15) is 8.42 Å². The molecule has 0 spiro atoms. The van der Waals surface area contributed by atoms with E-state index in [-0.39, 0.29) is 12.2 Å². The Hall–Kier alpha value is -0.510. The van der Waals surface area contributed by atoms with Crippen LogP contribution in [0.4, 0.5) is 0 Å². The summed E-state index contributed by atoms with van der Waals surface area (Å²) < 4.78 is 36.8. The number of hydrogen-bond acceptors (Lipinski definition) is 6. The number of rotatable bonds is 5. The van der Waals surface area contributed by atoms with Gasteiger partial charge in [-0.3, -0.25) is 0 Å².